The highest BCUT2D eigenvalue weighted by Crippen LogP contribution is 2.37. The SMILES string of the molecule is O=C1CCC(N2C(=O)c3cccc(N4CCC(CCCN5CCC(n6cc([N+](=O)[O-])c(C(F)F)n6)CC5)CC4)c3C2=O)C(=O)C1. The van der Waals surface area contributed by atoms with Gasteiger partial charge in [0.05, 0.1) is 40.2 Å². The summed E-state index contributed by atoms with van der Waals surface area (Å²) >= 11 is 0. The largest absolute Gasteiger partial charge is 0.371 e. The van der Waals surface area contributed by atoms with Gasteiger partial charge < -0.3 is 9.80 Å². The lowest BCUT2D eigenvalue weighted by Crippen LogP contribution is -2.47. The first-order valence-electron chi connectivity index (χ1n) is 15.7. The average Bonchev–Trinajstić information content (AvgIpc) is 3.59. The Morgan fingerprint density at radius 1 is 0.978 bits per heavy atom. The fourth-order valence-corrected chi connectivity index (χ4v) is 7.32. The molecule has 2 saturated heterocycles. The molecule has 0 N–H and O–H groups in total. The molecule has 4 heterocycles. The number of nitrogens with zero attached hydrogens (tertiary/aromatic N) is 6. The molecule has 14 heteroatoms. The minimum Gasteiger partial charge on any atom is -0.371 e. The molecule has 1 atom stereocenters. The molecule has 1 aromatic carbocycles. The zero-order chi connectivity index (χ0) is 31.8. The third-order valence-corrected chi connectivity index (χ3v) is 9.79. The highest BCUT2D eigenvalue weighted by molar-refractivity contribution is 6.25. The van der Waals surface area contributed by atoms with Gasteiger partial charge in [-0.25, -0.2) is 8.78 Å². The van der Waals surface area contributed by atoms with Gasteiger partial charge in [0, 0.05) is 32.6 Å². The third-order valence-electron chi connectivity index (χ3n) is 9.79. The molecule has 240 valence electrons. The normalized spacial score (nSPS) is 22.2. The number of halogens is 2. The lowest BCUT2D eigenvalue weighted by atomic mass is 9.91. The number of anilines is 1. The Morgan fingerprint density at radius 3 is 2.36 bits per heavy atom. The van der Waals surface area contributed by atoms with Crippen molar-refractivity contribution < 1.29 is 32.9 Å². The van der Waals surface area contributed by atoms with Gasteiger partial charge in [0.15, 0.2) is 5.78 Å². The number of imide groups is 1. The number of amides is 2. The van der Waals surface area contributed by atoms with E-state index in [0.717, 1.165) is 75.2 Å². The van der Waals surface area contributed by atoms with E-state index in [4.69, 9.17) is 0 Å². The molecule has 1 aliphatic carbocycles. The second-order valence-electron chi connectivity index (χ2n) is 12.5. The van der Waals surface area contributed by atoms with Gasteiger partial charge in [0.25, 0.3) is 18.2 Å². The maximum atomic E-state index is 13.5. The van der Waals surface area contributed by atoms with Gasteiger partial charge in [-0.1, -0.05) is 6.07 Å². The van der Waals surface area contributed by atoms with Crippen LogP contribution in [0.3, 0.4) is 0 Å². The maximum absolute atomic E-state index is 13.5. The summed E-state index contributed by atoms with van der Waals surface area (Å²) in [5.41, 5.74) is -0.0246. The van der Waals surface area contributed by atoms with Crippen LogP contribution < -0.4 is 4.90 Å². The maximum Gasteiger partial charge on any atom is 0.316 e. The molecular weight excluding hydrogens is 590 g/mol. The number of alkyl halides is 2. The highest BCUT2D eigenvalue weighted by atomic mass is 19.3. The molecule has 2 aromatic rings. The summed E-state index contributed by atoms with van der Waals surface area (Å²) in [6.45, 7) is 3.96. The van der Waals surface area contributed by atoms with Gasteiger partial charge in [-0.2, -0.15) is 5.10 Å². The van der Waals surface area contributed by atoms with E-state index < -0.39 is 40.6 Å². The second-order valence-corrected chi connectivity index (χ2v) is 12.5. The van der Waals surface area contributed by atoms with Crippen LogP contribution in [-0.2, 0) is 9.59 Å². The Hall–Kier alpha value is -4.07. The molecular formula is C31H36F2N6O6. The van der Waals surface area contributed by atoms with Crippen LogP contribution in [0.25, 0.3) is 0 Å². The summed E-state index contributed by atoms with van der Waals surface area (Å²) in [6, 6.07) is 4.24. The first-order valence-corrected chi connectivity index (χ1v) is 15.7. The molecule has 2 amide bonds. The van der Waals surface area contributed by atoms with Gasteiger partial charge in [0.2, 0.25) is 5.69 Å². The summed E-state index contributed by atoms with van der Waals surface area (Å²) in [6.07, 6.45) is 3.61. The molecule has 4 aliphatic rings. The summed E-state index contributed by atoms with van der Waals surface area (Å²) in [4.78, 5) is 66.8. The second kappa shape index (κ2) is 12.7. The summed E-state index contributed by atoms with van der Waals surface area (Å²) in [5.74, 6) is -0.926. The molecule has 3 fully saturated rings. The van der Waals surface area contributed by atoms with Gasteiger partial charge in [-0.05, 0) is 69.5 Å². The topological polar surface area (TPSA) is 139 Å². The van der Waals surface area contributed by atoms with Crippen LogP contribution in [0.15, 0.2) is 24.4 Å². The molecule has 45 heavy (non-hydrogen) atoms. The number of carbonyl (C=O) groups is 4. The van der Waals surface area contributed by atoms with E-state index in [-0.39, 0.29) is 36.9 Å². The number of carbonyl (C=O) groups excluding carboxylic acids is 4. The van der Waals surface area contributed by atoms with Crippen molar-refractivity contribution in [1.82, 2.24) is 19.6 Å². The summed E-state index contributed by atoms with van der Waals surface area (Å²) in [5, 5.41) is 15.0. The van der Waals surface area contributed by atoms with Gasteiger partial charge in [0.1, 0.15) is 12.0 Å². The highest BCUT2D eigenvalue weighted by Gasteiger charge is 2.46. The van der Waals surface area contributed by atoms with Gasteiger partial charge in [-0.3, -0.25) is 38.9 Å². The van der Waals surface area contributed by atoms with E-state index in [9.17, 15) is 38.1 Å². The molecule has 0 spiro atoms. The smallest absolute Gasteiger partial charge is 0.316 e. The Bertz CT molecular complexity index is 1510. The van der Waals surface area contributed by atoms with Crippen LogP contribution in [0.1, 0.15) is 96.7 Å². The van der Waals surface area contributed by atoms with Crippen LogP contribution in [0.5, 0.6) is 0 Å². The lowest BCUT2D eigenvalue weighted by Gasteiger charge is -2.35. The number of nitro groups is 1. The number of ketones is 2. The average molecular weight is 627 g/mol. The minimum absolute atomic E-state index is 0.141. The predicted molar refractivity (Wildman–Crippen MR) is 157 cm³/mol. The van der Waals surface area contributed by atoms with E-state index in [1.165, 1.54) is 4.68 Å². The molecule has 1 unspecified atom stereocenters. The Labute approximate surface area is 258 Å². The monoisotopic (exact) mass is 626 g/mol. The molecule has 1 saturated carbocycles. The van der Waals surface area contributed by atoms with Crippen molar-refractivity contribution in [3.63, 3.8) is 0 Å². The molecule has 6 rings (SSSR count). The summed E-state index contributed by atoms with van der Waals surface area (Å²) in [7, 11) is 0. The van der Waals surface area contributed by atoms with Crippen LogP contribution in [0, 0.1) is 16.0 Å². The number of fused-ring (bicyclic) bond motifs is 1. The van der Waals surface area contributed by atoms with Crippen molar-refractivity contribution >= 4 is 34.8 Å². The Balaban J connectivity index is 0.977. The standard InChI is InChI=1S/C31H36F2N6O6/c32-29(33)28-25(39(44)45)18-37(34-28)20-10-13-35(14-11-20)12-2-3-19-8-15-36(16-9-19)24-5-1-4-22-27(24)31(43)38(30(22)42)23-7-6-21(40)17-26(23)41/h1,4-5,18-20,23,29H,2-3,6-17H2. The van der Waals surface area contributed by atoms with Crippen molar-refractivity contribution in [1.29, 1.82) is 0 Å². The van der Waals surface area contributed by atoms with Gasteiger partial charge >= 0.3 is 5.69 Å². The van der Waals surface area contributed by atoms with Crippen LogP contribution in [0.4, 0.5) is 20.2 Å². The van der Waals surface area contributed by atoms with Crippen LogP contribution in [-0.4, -0.2) is 86.7 Å². The molecule has 3 aliphatic heterocycles. The number of hydrogen-bond donors (Lipinski definition) is 0. The number of benzene rings is 1. The van der Waals surface area contributed by atoms with Crippen molar-refractivity contribution in [3.05, 3.63) is 51.3 Å². The fraction of sp³-hybridized carbons (Fsp3) is 0.581. The molecule has 1 aromatic heterocycles. The predicted octanol–water partition coefficient (Wildman–Crippen LogP) is 4.35. The number of piperidine rings is 2. The number of rotatable bonds is 9. The number of Topliss-reactive ketones (excluding diaryl/α,β-unsaturated/α-hetero) is 2. The Morgan fingerprint density at radius 2 is 1.71 bits per heavy atom. The third kappa shape index (κ3) is 6.11. The van der Waals surface area contributed by atoms with Crippen LogP contribution in [0.2, 0.25) is 0 Å². The minimum atomic E-state index is -2.99. The van der Waals surface area contributed by atoms with Crippen molar-refractivity contribution in [2.75, 3.05) is 37.6 Å². The van der Waals surface area contributed by atoms with E-state index in [1.807, 2.05) is 6.07 Å². The van der Waals surface area contributed by atoms with Gasteiger partial charge in [-0.15, -0.1) is 0 Å². The lowest BCUT2D eigenvalue weighted by molar-refractivity contribution is -0.386. The molecule has 0 radical (unpaired) electrons. The number of likely N-dealkylation sites (tertiary alicyclic amines) is 1. The van der Waals surface area contributed by atoms with Crippen LogP contribution >= 0.6 is 0 Å². The molecule has 12 nitrogen and oxygen atoms in total. The fourth-order valence-electron chi connectivity index (χ4n) is 7.32. The van der Waals surface area contributed by atoms with Crippen molar-refractivity contribution in [2.45, 2.75) is 76.3 Å². The zero-order valence-electron chi connectivity index (χ0n) is 24.9. The Kier molecular flexibility index (Phi) is 8.76. The zero-order valence-corrected chi connectivity index (χ0v) is 24.9. The first kappa shape index (κ1) is 30.9. The molecule has 0 bridgehead atoms. The van der Waals surface area contributed by atoms with Crippen molar-refractivity contribution in [3.8, 4) is 0 Å². The quantitative estimate of drug-likeness (QED) is 0.172. The first-order chi connectivity index (χ1) is 21.6. The number of aromatic nitrogens is 2. The van der Waals surface area contributed by atoms with E-state index in [2.05, 4.69) is 14.9 Å². The number of hydrogen-bond acceptors (Lipinski definition) is 9. The summed E-state index contributed by atoms with van der Waals surface area (Å²) < 4.78 is 27.7. The van der Waals surface area contributed by atoms with E-state index >= 15 is 0 Å². The van der Waals surface area contributed by atoms with E-state index in [0.29, 0.717) is 29.9 Å². The van der Waals surface area contributed by atoms with Crippen molar-refractivity contribution in [2.24, 2.45) is 5.92 Å². The van der Waals surface area contributed by atoms with E-state index in [1.54, 1.807) is 12.1 Å².